The molecule has 1 unspecified atom stereocenters. The Hall–Kier alpha value is -0.220. The van der Waals surface area contributed by atoms with Gasteiger partial charge in [-0.2, -0.15) is 11.8 Å². The van der Waals surface area contributed by atoms with E-state index in [1.54, 1.807) is 0 Å². The number of thioether (sulfide) groups is 1. The van der Waals surface area contributed by atoms with Crippen molar-refractivity contribution in [1.29, 1.82) is 0 Å². The number of nitrogens with two attached hydrogens (primary N) is 1. The highest BCUT2D eigenvalue weighted by Crippen LogP contribution is 2.31. The maximum absolute atomic E-state index is 12.0. The molecule has 0 aliphatic rings. The van der Waals surface area contributed by atoms with Gasteiger partial charge in [0.25, 0.3) is 0 Å². The first-order valence-electron chi connectivity index (χ1n) is 6.61. The first kappa shape index (κ1) is 16.8. The zero-order chi connectivity index (χ0) is 13.1. The van der Waals surface area contributed by atoms with Gasteiger partial charge in [-0.25, -0.2) is 0 Å². The molecule has 0 aliphatic carbocycles. The molecule has 3 nitrogen and oxygen atoms in total. The zero-order valence-corrected chi connectivity index (χ0v) is 12.3. The molecule has 0 amide bonds. The molecular weight excluding hydrogens is 234 g/mol. The van der Waals surface area contributed by atoms with Gasteiger partial charge in [0.05, 0.1) is 12.0 Å². The SMILES string of the molecule is CCCC(CN)(CCCSCC)C(=O)OCC. The molecule has 0 saturated carbocycles. The number of esters is 1. The molecule has 17 heavy (non-hydrogen) atoms. The molecule has 0 aromatic heterocycles. The maximum atomic E-state index is 12.0. The summed E-state index contributed by atoms with van der Waals surface area (Å²) in [4.78, 5) is 12.0. The van der Waals surface area contributed by atoms with Crippen LogP contribution in [0.2, 0.25) is 0 Å². The quantitative estimate of drug-likeness (QED) is 0.485. The number of rotatable bonds is 10. The first-order chi connectivity index (χ1) is 8.16. The van der Waals surface area contributed by atoms with E-state index in [-0.39, 0.29) is 5.97 Å². The number of carbonyl (C=O) groups is 1. The van der Waals surface area contributed by atoms with Gasteiger partial charge < -0.3 is 10.5 Å². The Morgan fingerprint density at radius 1 is 1.29 bits per heavy atom. The minimum Gasteiger partial charge on any atom is -0.466 e. The van der Waals surface area contributed by atoms with Gasteiger partial charge in [-0.05, 0) is 37.7 Å². The molecule has 0 aromatic rings. The van der Waals surface area contributed by atoms with E-state index in [0.29, 0.717) is 13.2 Å². The lowest BCUT2D eigenvalue weighted by Gasteiger charge is -2.29. The summed E-state index contributed by atoms with van der Waals surface area (Å²) in [6.07, 6.45) is 3.69. The third-order valence-corrected chi connectivity index (χ3v) is 3.96. The van der Waals surface area contributed by atoms with Crippen LogP contribution >= 0.6 is 11.8 Å². The summed E-state index contributed by atoms with van der Waals surface area (Å²) in [5.74, 6) is 2.12. The highest BCUT2D eigenvalue weighted by atomic mass is 32.2. The van der Waals surface area contributed by atoms with Crippen molar-refractivity contribution in [1.82, 2.24) is 0 Å². The van der Waals surface area contributed by atoms with Crippen molar-refractivity contribution in [2.24, 2.45) is 11.1 Å². The van der Waals surface area contributed by atoms with E-state index in [1.165, 1.54) is 0 Å². The van der Waals surface area contributed by atoms with Crippen molar-refractivity contribution in [3.63, 3.8) is 0 Å². The summed E-state index contributed by atoms with van der Waals surface area (Å²) in [6.45, 7) is 6.92. The van der Waals surface area contributed by atoms with Gasteiger partial charge in [-0.1, -0.05) is 20.3 Å². The van der Waals surface area contributed by atoms with Crippen LogP contribution in [-0.4, -0.2) is 30.6 Å². The van der Waals surface area contributed by atoms with Gasteiger partial charge in [0.2, 0.25) is 0 Å². The largest absolute Gasteiger partial charge is 0.466 e. The second kappa shape index (κ2) is 9.77. The standard InChI is InChI=1S/C13H27NO2S/c1-4-8-13(11-14,12(15)16-5-2)9-7-10-17-6-3/h4-11,14H2,1-3H3. The summed E-state index contributed by atoms with van der Waals surface area (Å²) in [5.41, 5.74) is 5.39. The molecule has 102 valence electrons. The molecule has 0 aliphatic heterocycles. The number of hydrogen-bond donors (Lipinski definition) is 1. The molecule has 2 N–H and O–H groups in total. The molecule has 0 bridgehead atoms. The van der Waals surface area contributed by atoms with E-state index in [2.05, 4.69) is 13.8 Å². The Kier molecular flexibility index (Phi) is 9.65. The molecule has 0 heterocycles. The van der Waals surface area contributed by atoms with Crippen LogP contribution in [-0.2, 0) is 9.53 Å². The van der Waals surface area contributed by atoms with Crippen molar-refractivity contribution in [3.05, 3.63) is 0 Å². The van der Waals surface area contributed by atoms with Gasteiger partial charge >= 0.3 is 5.97 Å². The number of carbonyl (C=O) groups excluding carboxylic acids is 1. The third-order valence-electron chi connectivity index (χ3n) is 2.98. The maximum Gasteiger partial charge on any atom is 0.313 e. The molecule has 0 fully saturated rings. The average molecular weight is 261 g/mol. The second-order valence-corrected chi connectivity index (χ2v) is 5.65. The van der Waals surface area contributed by atoms with Crippen molar-refractivity contribution >= 4 is 17.7 Å². The van der Waals surface area contributed by atoms with Crippen LogP contribution in [0, 0.1) is 5.41 Å². The molecule has 0 saturated heterocycles. The number of hydrogen-bond acceptors (Lipinski definition) is 4. The third kappa shape index (κ3) is 5.77. The topological polar surface area (TPSA) is 52.3 Å². The summed E-state index contributed by atoms with van der Waals surface area (Å²) >= 11 is 1.91. The highest BCUT2D eigenvalue weighted by Gasteiger charge is 2.36. The Balaban J connectivity index is 4.41. The fraction of sp³-hybridized carbons (Fsp3) is 0.923. The summed E-state index contributed by atoms with van der Waals surface area (Å²) < 4.78 is 5.18. The van der Waals surface area contributed by atoms with Crippen LogP contribution in [0.3, 0.4) is 0 Å². The smallest absolute Gasteiger partial charge is 0.313 e. The Labute approximate surface area is 110 Å². The van der Waals surface area contributed by atoms with E-state index in [1.807, 2.05) is 18.7 Å². The Morgan fingerprint density at radius 3 is 2.47 bits per heavy atom. The van der Waals surface area contributed by atoms with Gasteiger partial charge in [-0.15, -0.1) is 0 Å². The zero-order valence-electron chi connectivity index (χ0n) is 11.5. The van der Waals surface area contributed by atoms with Crippen LogP contribution in [0.1, 0.15) is 46.5 Å². The molecule has 0 aromatic carbocycles. The fourth-order valence-electron chi connectivity index (χ4n) is 2.04. The lowest BCUT2D eigenvalue weighted by Crippen LogP contribution is -2.40. The minimum absolute atomic E-state index is 0.106. The summed E-state index contributed by atoms with van der Waals surface area (Å²) in [6, 6.07) is 0. The van der Waals surface area contributed by atoms with Crippen LogP contribution in [0.4, 0.5) is 0 Å². The monoisotopic (exact) mass is 261 g/mol. The van der Waals surface area contributed by atoms with Crippen molar-refractivity contribution in [2.45, 2.75) is 46.5 Å². The van der Waals surface area contributed by atoms with Gasteiger partial charge in [0, 0.05) is 6.54 Å². The lowest BCUT2D eigenvalue weighted by atomic mass is 9.79. The van der Waals surface area contributed by atoms with Gasteiger partial charge in [-0.3, -0.25) is 4.79 Å². The highest BCUT2D eigenvalue weighted by molar-refractivity contribution is 7.99. The predicted octanol–water partition coefficient (Wildman–Crippen LogP) is 2.83. The second-order valence-electron chi connectivity index (χ2n) is 4.26. The summed E-state index contributed by atoms with van der Waals surface area (Å²) in [5, 5.41) is 0. The van der Waals surface area contributed by atoms with Gasteiger partial charge in [0.15, 0.2) is 0 Å². The van der Waals surface area contributed by atoms with Gasteiger partial charge in [0.1, 0.15) is 0 Å². The first-order valence-corrected chi connectivity index (χ1v) is 7.77. The van der Waals surface area contributed by atoms with E-state index in [9.17, 15) is 4.79 Å². The lowest BCUT2D eigenvalue weighted by molar-refractivity contribution is -0.155. The predicted molar refractivity (Wildman–Crippen MR) is 75.3 cm³/mol. The van der Waals surface area contributed by atoms with Crippen LogP contribution in [0.15, 0.2) is 0 Å². The van der Waals surface area contributed by atoms with E-state index in [4.69, 9.17) is 10.5 Å². The molecule has 1 atom stereocenters. The normalized spacial score (nSPS) is 14.4. The fourth-order valence-corrected chi connectivity index (χ4v) is 2.67. The van der Waals surface area contributed by atoms with E-state index >= 15 is 0 Å². The van der Waals surface area contributed by atoms with Crippen LogP contribution in [0.25, 0.3) is 0 Å². The molecular formula is C13H27NO2S. The minimum atomic E-state index is -0.445. The molecule has 0 spiro atoms. The van der Waals surface area contributed by atoms with E-state index in [0.717, 1.165) is 37.2 Å². The average Bonchev–Trinajstić information content (AvgIpc) is 2.33. The Morgan fingerprint density at radius 2 is 2.00 bits per heavy atom. The molecule has 0 rings (SSSR count). The molecule has 4 heteroatoms. The van der Waals surface area contributed by atoms with Crippen LogP contribution in [0.5, 0.6) is 0 Å². The molecule has 0 radical (unpaired) electrons. The van der Waals surface area contributed by atoms with E-state index < -0.39 is 5.41 Å². The van der Waals surface area contributed by atoms with Crippen molar-refractivity contribution in [2.75, 3.05) is 24.7 Å². The number of ether oxygens (including phenoxy) is 1. The van der Waals surface area contributed by atoms with Crippen molar-refractivity contribution in [3.8, 4) is 0 Å². The Bertz CT molecular complexity index is 212. The van der Waals surface area contributed by atoms with Crippen molar-refractivity contribution < 1.29 is 9.53 Å². The summed E-state index contributed by atoms with van der Waals surface area (Å²) in [7, 11) is 0. The van der Waals surface area contributed by atoms with Crippen LogP contribution < -0.4 is 5.73 Å².